The minimum absolute atomic E-state index is 0.0384. The summed E-state index contributed by atoms with van der Waals surface area (Å²) in [6.45, 7) is 5.31. The summed E-state index contributed by atoms with van der Waals surface area (Å²) in [6.07, 6.45) is 6.61. The van der Waals surface area contributed by atoms with Gasteiger partial charge in [-0.3, -0.25) is 0 Å². The highest BCUT2D eigenvalue weighted by Gasteiger charge is 2.18. The zero-order chi connectivity index (χ0) is 14.5. The van der Waals surface area contributed by atoms with Crippen molar-refractivity contribution in [3.63, 3.8) is 0 Å². The van der Waals surface area contributed by atoms with Crippen LogP contribution in [0.25, 0.3) is 0 Å². The normalized spacial score (nSPS) is 24.6. The number of hydrogen-bond acceptors (Lipinski definition) is 2. The second-order valence-corrected chi connectivity index (χ2v) is 6.29. The molecule has 2 N–H and O–H groups in total. The Bertz CT molecular complexity index is 427. The van der Waals surface area contributed by atoms with Crippen LogP contribution in [-0.4, -0.2) is 11.7 Å². The van der Waals surface area contributed by atoms with E-state index in [4.69, 9.17) is 0 Å². The second kappa shape index (κ2) is 7.07. The standard InChI is InChI=1S/C17H26FNO/c1-12-3-5-14(6-4-12)9-10-19-13(2)16-8-7-15(18)11-17(16)20/h7-8,11-14,19-20H,3-6,9-10H2,1-2H3. The lowest BCUT2D eigenvalue weighted by molar-refractivity contribution is 0.273. The first-order valence-corrected chi connectivity index (χ1v) is 7.78. The van der Waals surface area contributed by atoms with Gasteiger partial charge in [0.2, 0.25) is 0 Å². The van der Waals surface area contributed by atoms with E-state index in [1.54, 1.807) is 6.07 Å². The Morgan fingerprint density at radius 3 is 2.65 bits per heavy atom. The van der Waals surface area contributed by atoms with E-state index in [2.05, 4.69) is 12.2 Å². The average molecular weight is 279 g/mol. The summed E-state index contributed by atoms with van der Waals surface area (Å²) >= 11 is 0. The number of halogens is 1. The molecule has 1 aromatic rings. The molecule has 0 amide bonds. The van der Waals surface area contributed by atoms with Gasteiger partial charge in [0.1, 0.15) is 11.6 Å². The fourth-order valence-electron chi connectivity index (χ4n) is 3.11. The van der Waals surface area contributed by atoms with Crippen molar-refractivity contribution in [2.24, 2.45) is 11.8 Å². The zero-order valence-electron chi connectivity index (χ0n) is 12.5. The van der Waals surface area contributed by atoms with Crippen molar-refractivity contribution in [3.05, 3.63) is 29.6 Å². The van der Waals surface area contributed by atoms with E-state index in [0.717, 1.165) is 23.9 Å². The summed E-state index contributed by atoms with van der Waals surface area (Å²) in [5.74, 6) is 1.38. The number of phenols is 1. The highest BCUT2D eigenvalue weighted by molar-refractivity contribution is 5.34. The molecule has 1 aliphatic carbocycles. The third kappa shape index (κ3) is 4.20. The summed E-state index contributed by atoms with van der Waals surface area (Å²) in [5, 5.41) is 13.2. The molecule has 1 aromatic carbocycles. The smallest absolute Gasteiger partial charge is 0.126 e. The summed E-state index contributed by atoms with van der Waals surface area (Å²) < 4.78 is 13.0. The molecule has 0 spiro atoms. The van der Waals surface area contributed by atoms with Gasteiger partial charge in [0.15, 0.2) is 0 Å². The van der Waals surface area contributed by atoms with Gasteiger partial charge in [-0.2, -0.15) is 0 Å². The molecule has 2 rings (SSSR count). The van der Waals surface area contributed by atoms with Crippen LogP contribution in [0.5, 0.6) is 5.75 Å². The SMILES string of the molecule is CC1CCC(CCNC(C)c2ccc(F)cc2O)CC1. The van der Waals surface area contributed by atoms with E-state index < -0.39 is 5.82 Å². The highest BCUT2D eigenvalue weighted by Crippen LogP contribution is 2.30. The van der Waals surface area contributed by atoms with E-state index in [1.807, 2.05) is 6.92 Å². The van der Waals surface area contributed by atoms with Gasteiger partial charge in [0.05, 0.1) is 0 Å². The minimum Gasteiger partial charge on any atom is -0.508 e. The molecule has 0 bridgehead atoms. The Balaban J connectivity index is 1.76. The maximum atomic E-state index is 13.0. The summed E-state index contributed by atoms with van der Waals surface area (Å²) in [6, 6.07) is 4.29. The van der Waals surface area contributed by atoms with Crippen molar-refractivity contribution in [2.75, 3.05) is 6.54 Å². The maximum Gasteiger partial charge on any atom is 0.126 e. The van der Waals surface area contributed by atoms with Crippen LogP contribution in [0, 0.1) is 17.7 Å². The summed E-state index contributed by atoms with van der Waals surface area (Å²) in [7, 11) is 0. The topological polar surface area (TPSA) is 32.3 Å². The maximum absolute atomic E-state index is 13.0. The van der Waals surface area contributed by atoms with Crippen LogP contribution in [0.4, 0.5) is 4.39 Å². The Morgan fingerprint density at radius 2 is 2.00 bits per heavy atom. The highest BCUT2D eigenvalue weighted by atomic mass is 19.1. The van der Waals surface area contributed by atoms with Gasteiger partial charge in [-0.25, -0.2) is 4.39 Å². The molecule has 0 saturated heterocycles. The molecule has 2 nitrogen and oxygen atoms in total. The van der Waals surface area contributed by atoms with E-state index in [1.165, 1.54) is 44.2 Å². The molecule has 0 heterocycles. The van der Waals surface area contributed by atoms with Crippen LogP contribution in [0.3, 0.4) is 0 Å². The quantitative estimate of drug-likeness (QED) is 0.837. The molecular formula is C17H26FNO. The third-order valence-electron chi connectivity index (χ3n) is 4.60. The third-order valence-corrected chi connectivity index (χ3v) is 4.60. The second-order valence-electron chi connectivity index (χ2n) is 6.29. The van der Waals surface area contributed by atoms with Crippen LogP contribution in [0.15, 0.2) is 18.2 Å². The Kier molecular flexibility index (Phi) is 5.41. The lowest BCUT2D eigenvalue weighted by Crippen LogP contribution is -2.23. The molecule has 1 saturated carbocycles. The molecule has 112 valence electrons. The molecule has 0 radical (unpaired) electrons. The first-order valence-electron chi connectivity index (χ1n) is 7.78. The van der Waals surface area contributed by atoms with Crippen LogP contribution in [0.1, 0.15) is 57.6 Å². The molecular weight excluding hydrogens is 253 g/mol. The molecule has 0 aromatic heterocycles. The monoisotopic (exact) mass is 279 g/mol. The number of phenolic OH excluding ortho intramolecular Hbond substituents is 1. The van der Waals surface area contributed by atoms with Crippen molar-refractivity contribution in [1.82, 2.24) is 5.32 Å². The number of rotatable bonds is 5. The molecule has 1 atom stereocenters. The van der Waals surface area contributed by atoms with Gasteiger partial charge in [0.25, 0.3) is 0 Å². The van der Waals surface area contributed by atoms with Crippen molar-refractivity contribution >= 4 is 0 Å². The molecule has 1 fully saturated rings. The van der Waals surface area contributed by atoms with E-state index >= 15 is 0 Å². The van der Waals surface area contributed by atoms with Gasteiger partial charge in [-0.05, 0) is 37.8 Å². The first-order chi connectivity index (χ1) is 9.56. The largest absolute Gasteiger partial charge is 0.508 e. The molecule has 20 heavy (non-hydrogen) atoms. The van der Waals surface area contributed by atoms with Crippen molar-refractivity contribution in [2.45, 2.75) is 52.0 Å². The summed E-state index contributed by atoms with van der Waals surface area (Å²) in [4.78, 5) is 0. The van der Waals surface area contributed by atoms with Crippen LogP contribution < -0.4 is 5.32 Å². The van der Waals surface area contributed by atoms with E-state index in [-0.39, 0.29) is 11.8 Å². The van der Waals surface area contributed by atoms with Gasteiger partial charge in [-0.15, -0.1) is 0 Å². The lowest BCUT2D eigenvalue weighted by Gasteiger charge is -2.26. The lowest BCUT2D eigenvalue weighted by atomic mass is 9.81. The predicted molar refractivity (Wildman–Crippen MR) is 80.2 cm³/mol. The summed E-state index contributed by atoms with van der Waals surface area (Å²) in [5.41, 5.74) is 0.767. The van der Waals surface area contributed by atoms with Crippen LogP contribution in [-0.2, 0) is 0 Å². The number of aromatic hydroxyl groups is 1. The van der Waals surface area contributed by atoms with Crippen molar-refractivity contribution in [1.29, 1.82) is 0 Å². The number of benzene rings is 1. The van der Waals surface area contributed by atoms with Crippen LogP contribution >= 0.6 is 0 Å². The number of nitrogens with one attached hydrogen (secondary N) is 1. The Hall–Kier alpha value is -1.09. The molecule has 0 aliphatic heterocycles. The van der Waals surface area contributed by atoms with E-state index in [9.17, 15) is 9.50 Å². The predicted octanol–water partition coefficient (Wildman–Crippen LogP) is 4.40. The fourth-order valence-corrected chi connectivity index (χ4v) is 3.11. The zero-order valence-corrected chi connectivity index (χ0v) is 12.5. The van der Waals surface area contributed by atoms with Gasteiger partial charge >= 0.3 is 0 Å². The Labute approximate surface area is 121 Å². The fraction of sp³-hybridized carbons (Fsp3) is 0.647. The van der Waals surface area contributed by atoms with Crippen LogP contribution in [0.2, 0.25) is 0 Å². The van der Waals surface area contributed by atoms with Crippen molar-refractivity contribution < 1.29 is 9.50 Å². The number of hydrogen-bond donors (Lipinski definition) is 2. The van der Waals surface area contributed by atoms with Gasteiger partial charge in [0, 0.05) is 17.7 Å². The first kappa shape index (κ1) is 15.3. The molecule has 1 aliphatic rings. The van der Waals surface area contributed by atoms with E-state index in [0.29, 0.717) is 0 Å². The molecule has 3 heteroatoms. The van der Waals surface area contributed by atoms with Crippen molar-refractivity contribution in [3.8, 4) is 5.75 Å². The van der Waals surface area contributed by atoms with Gasteiger partial charge < -0.3 is 10.4 Å². The Morgan fingerprint density at radius 1 is 1.30 bits per heavy atom. The molecule has 1 unspecified atom stereocenters. The minimum atomic E-state index is -0.394. The van der Waals surface area contributed by atoms with Gasteiger partial charge in [-0.1, -0.05) is 38.7 Å². The average Bonchev–Trinajstić information content (AvgIpc) is 2.41.